The molecule has 0 saturated carbocycles. The maximum Gasteiger partial charge on any atom is 0.0451 e. The van der Waals surface area contributed by atoms with Gasteiger partial charge in [-0.15, -0.1) is 0 Å². The van der Waals surface area contributed by atoms with Gasteiger partial charge in [0, 0.05) is 18.3 Å². The molecule has 3 rings (SSSR count). The highest BCUT2D eigenvalue weighted by atomic mass is 14.7. The van der Waals surface area contributed by atoms with Crippen LogP contribution < -0.4 is 0 Å². The van der Waals surface area contributed by atoms with Gasteiger partial charge < -0.3 is 4.98 Å². The second-order valence-electron chi connectivity index (χ2n) is 6.02. The Balaban J connectivity index is 2.01. The number of benzene rings is 1. The molecule has 0 spiro atoms. The summed E-state index contributed by atoms with van der Waals surface area (Å²) in [5.41, 5.74) is 8.95. The molecule has 110 valence electrons. The number of rotatable bonds is 6. The van der Waals surface area contributed by atoms with Crippen molar-refractivity contribution in [2.24, 2.45) is 0 Å². The van der Waals surface area contributed by atoms with E-state index in [1.54, 1.807) is 5.57 Å². The van der Waals surface area contributed by atoms with Crippen molar-refractivity contribution < 1.29 is 0 Å². The molecule has 0 bridgehead atoms. The zero-order valence-corrected chi connectivity index (χ0v) is 13.2. The maximum absolute atomic E-state index is 3.52. The highest BCUT2D eigenvalue weighted by Gasteiger charge is 2.23. The molecule has 1 aromatic carbocycles. The van der Waals surface area contributed by atoms with Gasteiger partial charge in [0.05, 0.1) is 0 Å². The summed E-state index contributed by atoms with van der Waals surface area (Å²) in [6.07, 6.45) is 9.30. The molecule has 1 aliphatic carbocycles. The summed E-state index contributed by atoms with van der Waals surface area (Å²) in [5, 5.41) is 0. The molecular weight excluding hydrogens is 254 g/mol. The molecule has 0 fully saturated rings. The van der Waals surface area contributed by atoms with Crippen LogP contribution in [0.4, 0.5) is 0 Å². The lowest BCUT2D eigenvalue weighted by Gasteiger charge is -2.09. The van der Waals surface area contributed by atoms with Gasteiger partial charge in [-0.2, -0.15) is 0 Å². The van der Waals surface area contributed by atoms with Crippen LogP contribution >= 0.6 is 0 Å². The van der Waals surface area contributed by atoms with Gasteiger partial charge in [0.25, 0.3) is 0 Å². The quantitative estimate of drug-likeness (QED) is 0.706. The molecule has 0 atom stereocenters. The molecule has 0 amide bonds. The van der Waals surface area contributed by atoms with Gasteiger partial charge in [-0.3, -0.25) is 0 Å². The van der Waals surface area contributed by atoms with E-state index in [0.29, 0.717) is 0 Å². The molecule has 1 aromatic heterocycles. The van der Waals surface area contributed by atoms with E-state index >= 15 is 0 Å². The van der Waals surface area contributed by atoms with Crippen LogP contribution in [-0.2, 0) is 12.8 Å². The maximum atomic E-state index is 3.52. The SMILES string of the molecule is CCCCc1cc[nH]c1C1=C(CCC)c2ccccc2C1. The van der Waals surface area contributed by atoms with Gasteiger partial charge in [-0.1, -0.05) is 51.0 Å². The number of nitrogens with one attached hydrogen (secondary N) is 1. The van der Waals surface area contributed by atoms with Crippen LogP contribution in [0, 0.1) is 0 Å². The van der Waals surface area contributed by atoms with Crippen LogP contribution in [-0.4, -0.2) is 4.98 Å². The van der Waals surface area contributed by atoms with Crippen molar-refractivity contribution in [2.75, 3.05) is 0 Å². The summed E-state index contributed by atoms with van der Waals surface area (Å²) in [5.74, 6) is 0. The Kier molecular flexibility index (Phi) is 4.28. The van der Waals surface area contributed by atoms with Gasteiger partial charge in [0.15, 0.2) is 0 Å². The van der Waals surface area contributed by atoms with Crippen LogP contribution in [0.1, 0.15) is 61.9 Å². The van der Waals surface area contributed by atoms with Crippen LogP contribution in [0.15, 0.2) is 36.5 Å². The Morgan fingerprint density at radius 3 is 2.67 bits per heavy atom. The second-order valence-corrected chi connectivity index (χ2v) is 6.02. The Morgan fingerprint density at radius 1 is 1.00 bits per heavy atom. The molecule has 1 heteroatoms. The number of unbranched alkanes of at least 4 members (excludes halogenated alkanes) is 1. The number of fused-ring (bicyclic) bond motifs is 1. The molecule has 1 N–H and O–H groups in total. The minimum atomic E-state index is 1.09. The number of aryl methyl sites for hydroxylation is 1. The van der Waals surface area contributed by atoms with Crippen LogP contribution in [0.2, 0.25) is 0 Å². The van der Waals surface area contributed by atoms with Gasteiger partial charge in [0.1, 0.15) is 0 Å². The third-order valence-corrected chi connectivity index (χ3v) is 4.51. The van der Waals surface area contributed by atoms with Gasteiger partial charge in [-0.25, -0.2) is 0 Å². The fourth-order valence-corrected chi connectivity index (χ4v) is 3.46. The molecular formula is C20H25N. The lowest BCUT2D eigenvalue weighted by Crippen LogP contribution is -1.94. The average Bonchev–Trinajstić information content (AvgIpc) is 3.10. The number of aromatic nitrogens is 1. The largest absolute Gasteiger partial charge is 0.361 e. The fraction of sp³-hybridized carbons (Fsp3) is 0.400. The first-order chi connectivity index (χ1) is 10.3. The molecule has 0 unspecified atom stereocenters. The van der Waals surface area contributed by atoms with Crippen molar-refractivity contribution >= 4 is 11.1 Å². The average molecular weight is 279 g/mol. The van der Waals surface area contributed by atoms with Crippen molar-refractivity contribution in [3.8, 4) is 0 Å². The van der Waals surface area contributed by atoms with Crippen LogP contribution in [0.25, 0.3) is 11.1 Å². The minimum Gasteiger partial charge on any atom is -0.361 e. The Bertz CT molecular complexity index is 645. The Hall–Kier alpha value is -1.76. The summed E-state index contributed by atoms with van der Waals surface area (Å²) in [4.78, 5) is 3.52. The Morgan fingerprint density at radius 2 is 1.86 bits per heavy atom. The zero-order chi connectivity index (χ0) is 14.7. The van der Waals surface area contributed by atoms with Crippen LogP contribution in [0.3, 0.4) is 0 Å². The van der Waals surface area contributed by atoms with Crippen molar-refractivity contribution in [3.05, 3.63) is 58.9 Å². The number of aromatic amines is 1. The summed E-state index contributed by atoms with van der Waals surface area (Å²) >= 11 is 0. The van der Waals surface area contributed by atoms with E-state index in [-0.39, 0.29) is 0 Å². The number of allylic oxidation sites excluding steroid dienone is 2. The summed E-state index contributed by atoms with van der Waals surface area (Å²) < 4.78 is 0. The normalized spacial score (nSPS) is 13.8. The van der Waals surface area contributed by atoms with E-state index in [1.807, 2.05) is 0 Å². The number of hydrogen-bond donors (Lipinski definition) is 1. The molecule has 21 heavy (non-hydrogen) atoms. The smallest absolute Gasteiger partial charge is 0.0451 e. The molecule has 2 aromatic rings. The molecule has 1 nitrogen and oxygen atoms in total. The van der Waals surface area contributed by atoms with Crippen molar-refractivity contribution in [1.82, 2.24) is 4.98 Å². The highest BCUT2D eigenvalue weighted by Crippen LogP contribution is 2.41. The van der Waals surface area contributed by atoms with Gasteiger partial charge in [-0.05, 0) is 53.2 Å². The third kappa shape index (κ3) is 2.70. The standard InChI is InChI=1S/C20H25N/c1-3-5-9-15-12-13-21-20(15)19-14-16-10-6-7-11-17(16)18(19)8-4-2/h6-7,10-13,21H,3-5,8-9,14H2,1-2H3. The highest BCUT2D eigenvalue weighted by molar-refractivity contribution is 5.96. The predicted octanol–water partition coefficient (Wildman–Crippen LogP) is 5.62. The Labute approximate surface area is 128 Å². The third-order valence-electron chi connectivity index (χ3n) is 4.51. The zero-order valence-electron chi connectivity index (χ0n) is 13.2. The van der Waals surface area contributed by atoms with E-state index < -0.39 is 0 Å². The summed E-state index contributed by atoms with van der Waals surface area (Å²) in [7, 11) is 0. The first-order valence-corrected chi connectivity index (χ1v) is 8.32. The van der Waals surface area contributed by atoms with E-state index in [9.17, 15) is 0 Å². The number of H-pyrrole nitrogens is 1. The second kappa shape index (κ2) is 6.34. The lowest BCUT2D eigenvalue weighted by molar-refractivity contribution is 0.794. The van der Waals surface area contributed by atoms with E-state index in [1.165, 1.54) is 60.1 Å². The molecule has 1 aliphatic rings. The summed E-state index contributed by atoms with van der Waals surface area (Å²) in [6.45, 7) is 4.54. The van der Waals surface area contributed by atoms with Crippen molar-refractivity contribution in [1.29, 1.82) is 0 Å². The molecule has 1 heterocycles. The van der Waals surface area contributed by atoms with Gasteiger partial charge in [0.2, 0.25) is 0 Å². The minimum absolute atomic E-state index is 1.09. The summed E-state index contributed by atoms with van der Waals surface area (Å²) in [6, 6.07) is 11.2. The first-order valence-electron chi connectivity index (χ1n) is 8.32. The van der Waals surface area contributed by atoms with Gasteiger partial charge >= 0.3 is 0 Å². The molecule has 0 saturated heterocycles. The monoisotopic (exact) mass is 279 g/mol. The number of hydrogen-bond acceptors (Lipinski definition) is 0. The van der Waals surface area contributed by atoms with Crippen LogP contribution in [0.5, 0.6) is 0 Å². The van der Waals surface area contributed by atoms with Crippen molar-refractivity contribution in [3.63, 3.8) is 0 Å². The predicted molar refractivity (Wildman–Crippen MR) is 91.3 cm³/mol. The van der Waals surface area contributed by atoms with E-state index in [2.05, 4.69) is 55.4 Å². The first kappa shape index (κ1) is 14.2. The molecule has 0 aliphatic heterocycles. The topological polar surface area (TPSA) is 15.8 Å². The lowest BCUT2D eigenvalue weighted by atomic mass is 9.97. The molecule has 0 radical (unpaired) electrons. The van der Waals surface area contributed by atoms with E-state index in [4.69, 9.17) is 0 Å². The fourth-order valence-electron chi connectivity index (χ4n) is 3.46. The van der Waals surface area contributed by atoms with Crippen molar-refractivity contribution in [2.45, 2.75) is 52.4 Å². The van der Waals surface area contributed by atoms with E-state index in [0.717, 1.165) is 6.42 Å².